The highest BCUT2D eigenvalue weighted by molar-refractivity contribution is 6.30. The molecule has 1 aliphatic carbocycles. The van der Waals surface area contributed by atoms with Crippen LogP contribution in [-0.2, 0) is 22.4 Å². The quantitative estimate of drug-likeness (QED) is 0.521. The fourth-order valence-electron chi connectivity index (χ4n) is 5.48. The van der Waals surface area contributed by atoms with Crippen LogP contribution in [0.5, 0.6) is 0 Å². The number of aliphatic hydroxyl groups is 1. The fourth-order valence-corrected chi connectivity index (χ4v) is 5.68. The van der Waals surface area contributed by atoms with E-state index in [0.717, 1.165) is 5.39 Å². The molecule has 0 spiro atoms. The molecule has 2 fully saturated rings. The molecule has 1 aliphatic heterocycles. The van der Waals surface area contributed by atoms with Crippen LogP contribution in [0.2, 0.25) is 5.02 Å². The Bertz CT molecular complexity index is 1360. The van der Waals surface area contributed by atoms with Crippen LogP contribution in [0.25, 0.3) is 10.9 Å². The third kappa shape index (κ3) is 4.00. The van der Waals surface area contributed by atoms with Gasteiger partial charge in [-0.3, -0.25) is 14.2 Å². The van der Waals surface area contributed by atoms with Gasteiger partial charge in [0.05, 0.1) is 29.6 Å². The van der Waals surface area contributed by atoms with Gasteiger partial charge in [-0.05, 0) is 42.5 Å². The molecule has 7 nitrogen and oxygen atoms in total. The average Bonchev–Trinajstić information content (AvgIpc) is 3.27. The Morgan fingerprint density at radius 3 is 2.63 bits per heavy atom. The molecule has 3 N–H and O–H groups in total. The molecule has 2 amide bonds. The van der Waals surface area contributed by atoms with Crippen LogP contribution in [0.3, 0.4) is 0 Å². The summed E-state index contributed by atoms with van der Waals surface area (Å²) >= 11 is 5.85. The van der Waals surface area contributed by atoms with Crippen LogP contribution in [0.15, 0.2) is 48.7 Å². The van der Waals surface area contributed by atoms with E-state index in [9.17, 15) is 23.9 Å². The molecule has 1 aromatic heterocycles. The number of primary amides is 1. The van der Waals surface area contributed by atoms with Crippen LogP contribution in [0, 0.1) is 11.2 Å². The van der Waals surface area contributed by atoms with Crippen LogP contribution >= 0.6 is 11.6 Å². The minimum absolute atomic E-state index is 0.00298. The number of carbonyl (C=O) groups is 3. The number of aliphatic hydroxyl groups excluding tert-OH is 1. The van der Waals surface area contributed by atoms with E-state index < -0.39 is 23.3 Å². The van der Waals surface area contributed by atoms with Crippen LogP contribution in [0.4, 0.5) is 9.18 Å². The lowest BCUT2D eigenvalue weighted by Crippen LogP contribution is -2.44. The summed E-state index contributed by atoms with van der Waals surface area (Å²) in [4.78, 5) is 40.2. The van der Waals surface area contributed by atoms with Gasteiger partial charge in [-0.1, -0.05) is 41.9 Å². The molecule has 2 aromatic carbocycles. The van der Waals surface area contributed by atoms with E-state index in [-0.39, 0.29) is 48.6 Å². The highest BCUT2D eigenvalue weighted by atomic mass is 35.5. The number of aryl methyl sites for hydroxylation is 1. The van der Waals surface area contributed by atoms with Gasteiger partial charge in [-0.2, -0.15) is 0 Å². The van der Waals surface area contributed by atoms with Gasteiger partial charge in [0.15, 0.2) is 5.78 Å². The van der Waals surface area contributed by atoms with E-state index in [1.54, 1.807) is 35.4 Å². The molecular weight excluding hydrogens is 473 g/mol. The minimum atomic E-state index is -0.680. The SMILES string of the molecule is NC(=O)n1cc(CC(=O)N2[C@H](C(=O)CCc3cccc(Cl)c3F)C[C@@]3(CO)C[C@@H]23)c2ccccc21. The number of amides is 2. The molecule has 1 saturated heterocycles. The van der Waals surface area contributed by atoms with Gasteiger partial charge < -0.3 is 15.7 Å². The fraction of sp³-hybridized carbons (Fsp3) is 0.346. The summed E-state index contributed by atoms with van der Waals surface area (Å²) in [6.07, 6.45) is 2.82. The lowest BCUT2D eigenvalue weighted by Gasteiger charge is -2.27. The monoisotopic (exact) mass is 497 g/mol. The smallest absolute Gasteiger partial charge is 0.323 e. The number of hydrogen-bond acceptors (Lipinski definition) is 4. The summed E-state index contributed by atoms with van der Waals surface area (Å²) in [5, 5.41) is 10.7. The van der Waals surface area contributed by atoms with E-state index in [0.29, 0.717) is 29.5 Å². The number of fused-ring (bicyclic) bond motifs is 2. The van der Waals surface area contributed by atoms with Gasteiger partial charge in [0.1, 0.15) is 5.82 Å². The number of rotatable bonds is 7. The van der Waals surface area contributed by atoms with Gasteiger partial charge in [0, 0.05) is 29.5 Å². The van der Waals surface area contributed by atoms with Gasteiger partial charge >= 0.3 is 6.03 Å². The van der Waals surface area contributed by atoms with Crippen molar-refractivity contribution in [2.45, 2.75) is 44.2 Å². The number of nitrogens with two attached hydrogens (primary N) is 1. The van der Waals surface area contributed by atoms with Crippen molar-refractivity contribution < 1.29 is 23.9 Å². The van der Waals surface area contributed by atoms with Crippen molar-refractivity contribution in [3.05, 3.63) is 70.6 Å². The Labute approximate surface area is 206 Å². The lowest BCUT2D eigenvalue weighted by atomic mass is 9.95. The van der Waals surface area contributed by atoms with Gasteiger partial charge in [-0.25, -0.2) is 9.18 Å². The van der Waals surface area contributed by atoms with Gasteiger partial charge in [-0.15, -0.1) is 0 Å². The second-order valence-electron chi connectivity index (χ2n) is 9.50. The highest BCUT2D eigenvalue weighted by Crippen LogP contribution is 2.59. The van der Waals surface area contributed by atoms with Gasteiger partial charge in [0.25, 0.3) is 0 Å². The molecule has 0 radical (unpaired) electrons. The summed E-state index contributed by atoms with van der Waals surface area (Å²) in [5.74, 6) is -0.957. The number of benzene rings is 2. The summed E-state index contributed by atoms with van der Waals surface area (Å²) in [6, 6.07) is 10.3. The third-order valence-electron chi connectivity index (χ3n) is 7.44. The summed E-state index contributed by atoms with van der Waals surface area (Å²) in [6.45, 7) is -0.102. The molecule has 3 atom stereocenters. The number of piperidine rings is 1. The third-order valence-corrected chi connectivity index (χ3v) is 7.73. The van der Waals surface area contributed by atoms with Crippen molar-refractivity contribution >= 4 is 40.2 Å². The number of aromatic nitrogens is 1. The first-order valence-corrected chi connectivity index (χ1v) is 11.9. The number of hydrogen-bond donors (Lipinski definition) is 2. The number of likely N-dealkylation sites (tertiary alicyclic amines) is 1. The topological polar surface area (TPSA) is 106 Å². The maximum atomic E-state index is 14.3. The molecule has 182 valence electrons. The highest BCUT2D eigenvalue weighted by Gasteiger charge is 2.66. The van der Waals surface area contributed by atoms with Crippen LogP contribution < -0.4 is 5.73 Å². The zero-order chi connectivity index (χ0) is 24.9. The average molecular weight is 498 g/mol. The maximum absolute atomic E-state index is 14.3. The number of nitrogens with zero attached hydrogens (tertiary/aromatic N) is 2. The van der Waals surface area contributed by atoms with Crippen molar-refractivity contribution in [2.24, 2.45) is 11.1 Å². The second kappa shape index (κ2) is 8.77. The standard InChI is InChI=1S/C26H25ClFN3O4/c27-18-6-3-4-15(24(18)28)8-9-21(33)20-11-26(14-32)12-22(26)31(20)23(34)10-16-13-30(25(29)35)19-7-2-1-5-17(16)19/h1-7,13,20,22,32H,8-12,14H2,(H2,29,35)/t20-,22+,26-/m0/s1. The Hall–Kier alpha value is -3.23. The molecular formula is C26H25ClFN3O4. The predicted molar refractivity (Wildman–Crippen MR) is 129 cm³/mol. The van der Waals surface area contributed by atoms with Crippen LogP contribution in [-0.4, -0.2) is 51.0 Å². The van der Waals surface area contributed by atoms with Crippen molar-refractivity contribution in [3.63, 3.8) is 0 Å². The van der Waals surface area contributed by atoms with E-state index in [2.05, 4.69) is 0 Å². The van der Waals surface area contributed by atoms with E-state index >= 15 is 0 Å². The molecule has 0 bridgehead atoms. The van der Waals surface area contributed by atoms with Gasteiger partial charge in [0.2, 0.25) is 5.91 Å². The van der Waals surface area contributed by atoms with Crippen molar-refractivity contribution in [1.29, 1.82) is 0 Å². The Morgan fingerprint density at radius 1 is 1.11 bits per heavy atom. The zero-order valence-electron chi connectivity index (χ0n) is 18.9. The molecule has 2 heterocycles. The molecule has 0 unspecified atom stereocenters. The normalized spacial score (nSPS) is 22.9. The molecule has 2 aliphatic rings. The number of Topliss-reactive ketones (excluding diaryl/α,β-unsaturated/α-hetero) is 1. The van der Waals surface area contributed by atoms with E-state index in [1.807, 2.05) is 12.1 Å². The molecule has 35 heavy (non-hydrogen) atoms. The first kappa shape index (κ1) is 23.5. The van der Waals surface area contributed by atoms with Crippen molar-refractivity contribution in [3.8, 4) is 0 Å². The first-order chi connectivity index (χ1) is 16.8. The first-order valence-electron chi connectivity index (χ1n) is 11.5. The molecule has 1 saturated carbocycles. The number of halogens is 2. The van der Waals surface area contributed by atoms with Crippen molar-refractivity contribution in [2.75, 3.05) is 6.61 Å². The summed E-state index contributed by atoms with van der Waals surface area (Å²) in [5.41, 5.74) is 6.63. The molecule has 5 rings (SSSR count). The number of carbonyl (C=O) groups excluding carboxylic acids is 3. The minimum Gasteiger partial charge on any atom is -0.396 e. The Kier molecular flexibility index (Phi) is 5.89. The zero-order valence-corrected chi connectivity index (χ0v) is 19.7. The second-order valence-corrected chi connectivity index (χ2v) is 9.90. The lowest BCUT2D eigenvalue weighted by molar-refractivity contribution is -0.138. The summed E-state index contributed by atoms with van der Waals surface area (Å²) in [7, 11) is 0. The van der Waals surface area contributed by atoms with Crippen LogP contribution in [0.1, 0.15) is 30.4 Å². The summed E-state index contributed by atoms with van der Waals surface area (Å²) < 4.78 is 15.6. The Balaban J connectivity index is 1.37. The molecule has 3 aromatic rings. The molecule has 9 heteroatoms. The predicted octanol–water partition coefficient (Wildman–Crippen LogP) is 3.46. The number of ketones is 1. The van der Waals surface area contributed by atoms with Crippen molar-refractivity contribution in [1.82, 2.24) is 9.47 Å². The van der Waals surface area contributed by atoms with E-state index in [4.69, 9.17) is 17.3 Å². The van der Waals surface area contributed by atoms with E-state index in [1.165, 1.54) is 10.6 Å². The largest absolute Gasteiger partial charge is 0.396 e. The number of para-hydroxylation sites is 1. The Morgan fingerprint density at radius 2 is 1.89 bits per heavy atom. The maximum Gasteiger partial charge on any atom is 0.323 e.